The highest BCUT2D eigenvalue weighted by Crippen LogP contribution is 2.32. The van der Waals surface area contributed by atoms with Gasteiger partial charge in [-0.25, -0.2) is 13.8 Å². The first-order chi connectivity index (χ1) is 15.5. The summed E-state index contributed by atoms with van der Waals surface area (Å²) in [6.07, 6.45) is 2.15. The number of fused-ring (bicyclic) bond motifs is 1. The largest absolute Gasteiger partial charge is 0.390 e. The van der Waals surface area contributed by atoms with Crippen LogP contribution in [0.1, 0.15) is 35.2 Å². The molecule has 3 N–H and O–H groups in total. The predicted octanol–water partition coefficient (Wildman–Crippen LogP) is 4.95. The van der Waals surface area contributed by atoms with E-state index < -0.39 is 23.8 Å². The van der Waals surface area contributed by atoms with E-state index in [2.05, 4.69) is 40.7 Å². The van der Waals surface area contributed by atoms with E-state index in [1.807, 2.05) is 17.1 Å². The van der Waals surface area contributed by atoms with Crippen LogP contribution in [-0.2, 0) is 18.6 Å². The van der Waals surface area contributed by atoms with Crippen LogP contribution in [0.5, 0.6) is 0 Å². The molecule has 0 aliphatic carbocycles. The SMILES string of the molecule is CCc1ccc2c(c1)C(NCC(O)C(Cc1cc(F)cc(F)c1)Nc1nccs1)CSC2. The molecule has 3 aromatic rings. The highest BCUT2D eigenvalue weighted by Gasteiger charge is 2.25. The standard InChI is InChI=1S/C24H27F2N3OS2/c1-2-15-3-4-17-13-31-14-22(20(17)9-15)28-12-23(30)21(29-24-27-5-6-32-24)10-16-7-18(25)11-19(26)8-16/h3-9,11,21-23,28,30H,2,10,12-14H2,1H3,(H,27,29). The highest BCUT2D eigenvalue weighted by molar-refractivity contribution is 7.98. The van der Waals surface area contributed by atoms with Gasteiger partial charge in [0.25, 0.3) is 0 Å². The lowest BCUT2D eigenvalue weighted by molar-refractivity contribution is 0.146. The molecule has 0 fully saturated rings. The molecule has 170 valence electrons. The maximum Gasteiger partial charge on any atom is 0.182 e. The highest BCUT2D eigenvalue weighted by atomic mass is 32.2. The van der Waals surface area contributed by atoms with Gasteiger partial charge in [-0.3, -0.25) is 0 Å². The number of benzene rings is 2. The zero-order valence-corrected chi connectivity index (χ0v) is 19.5. The van der Waals surface area contributed by atoms with Gasteiger partial charge < -0.3 is 15.7 Å². The fraction of sp³-hybridized carbons (Fsp3) is 0.375. The number of aromatic nitrogens is 1. The van der Waals surface area contributed by atoms with Crippen LogP contribution in [-0.4, -0.2) is 34.5 Å². The molecule has 1 aliphatic heterocycles. The van der Waals surface area contributed by atoms with Crippen molar-refractivity contribution in [3.05, 3.63) is 81.9 Å². The summed E-state index contributed by atoms with van der Waals surface area (Å²) in [4.78, 5) is 4.24. The third kappa shape index (κ3) is 5.86. The number of thiazole rings is 1. The number of rotatable bonds is 9. The Morgan fingerprint density at radius 1 is 1.16 bits per heavy atom. The average molecular weight is 476 g/mol. The van der Waals surface area contributed by atoms with Gasteiger partial charge in [-0.2, -0.15) is 11.8 Å². The summed E-state index contributed by atoms with van der Waals surface area (Å²) < 4.78 is 27.4. The van der Waals surface area contributed by atoms with Crippen LogP contribution in [0.15, 0.2) is 48.0 Å². The topological polar surface area (TPSA) is 57.2 Å². The molecule has 1 aliphatic rings. The number of halogens is 2. The van der Waals surface area contributed by atoms with Crippen molar-refractivity contribution in [3.8, 4) is 0 Å². The molecule has 1 aromatic heterocycles. The molecule has 8 heteroatoms. The van der Waals surface area contributed by atoms with Gasteiger partial charge in [0.15, 0.2) is 5.13 Å². The molecule has 4 nitrogen and oxygen atoms in total. The minimum Gasteiger partial charge on any atom is -0.390 e. The Morgan fingerprint density at radius 3 is 2.69 bits per heavy atom. The zero-order valence-electron chi connectivity index (χ0n) is 17.9. The fourth-order valence-electron chi connectivity index (χ4n) is 3.99. The van der Waals surface area contributed by atoms with E-state index in [0.717, 1.165) is 24.0 Å². The normalized spacial score (nSPS) is 17.6. The molecule has 3 unspecified atom stereocenters. The molecule has 0 amide bonds. The van der Waals surface area contributed by atoms with E-state index in [9.17, 15) is 13.9 Å². The number of nitrogens with zero attached hydrogens (tertiary/aromatic N) is 1. The quantitative estimate of drug-likeness (QED) is 0.409. The van der Waals surface area contributed by atoms with E-state index >= 15 is 0 Å². The summed E-state index contributed by atoms with van der Waals surface area (Å²) in [6, 6.07) is 9.82. The lowest BCUT2D eigenvalue weighted by atomic mass is 9.97. The Bertz CT molecular complexity index is 1010. The molecule has 32 heavy (non-hydrogen) atoms. The lowest BCUT2D eigenvalue weighted by Crippen LogP contribution is -2.44. The van der Waals surface area contributed by atoms with Crippen LogP contribution < -0.4 is 10.6 Å². The molecule has 2 aromatic carbocycles. The third-order valence-corrected chi connectivity index (χ3v) is 7.48. The Balaban J connectivity index is 1.47. The molecule has 0 spiro atoms. The second kappa shape index (κ2) is 10.7. The van der Waals surface area contributed by atoms with Gasteiger partial charge in [0.05, 0.1) is 12.1 Å². The first-order valence-corrected chi connectivity index (χ1v) is 12.8. The number of hydrogen-bond acceptors (Lipinski definition) is 6. The second-order valence-electron chi connectivity index (χ2n) is 8.00. The zero-order chi connectivity index (χ0) is 22.5. The Hall–Kier alpha value is -2.00. The monoisotopic (exact) mass is 475 g/mol. The van der Waals surface area contributed by atoms with Crippen molar-refractivity contribution >= 4 is 28.2 Å². The van der Waals surface area contributed by atoms with Crippen LogP contribution in [0.25, 0.3) is 0 Å². The summed E-state index contributed by atoms with van der Waals surface area (Å²) in [5.74, 6) is 0.692. The molecular weight excluding hydrogens is 448 g/mol. The van der Waals surface area contributed by atoms with Gasteiger partial charge in [-0.15, -0.1) is 11.3 Å². The van der Waals surface area contributed by atoms with Gasteiger partial charge in [0.1, 0.15) is 11.6 Å². The number of nitrogens with one attached hydrogen (secondary N) is 2. The van der Waals surface area contributed by atoms with Crippen LogP contribution in [0.2, 0.25) is 0 Å². The van der Waals surface area contributed by atoms with E-state index in [1.165, 1.54) is 40.2 Å². The van der Waals surface area contributed by atoms with Crippen molar-refractivity contribution in [3.63, 3.8) is 0 Å². The molecular formula is C24H27F2N3OS2. The first kappa shape index (κ1) is 23.2. The number of anilines is 1. The predicted molar refractivity (Wildman–Crippen MR) is 128 cm³/mol. The lowest BCUT2D eigenvalue weighted by Gasteiger charge is -2.30. The maximum atomic E-state index is 13.7. The van der Waals surface area contributed by atoms with E-state index in [1.54, 1.807) is 6.20 Å². The molecule has 0 radical (unpaired) electrons. The minimum atomic E-state index is -0.782. The number of aliphatic hydroxyl groups excluding tert-OH is 1. The number of hydrogen-bond donors (Lipinski definition) is 3. The third-order valence-electron chi connectivity index (χ3n) is 5.69. The van der Waals surface area contributed by atoms with Crippen LogP contribution in [0, 0.1) is 11.6 Å². The maximum absolute atomic E-state index is 13.7. The number of thioether (sulfide) groups is 1. The van der Waals surface area contributed by atoms with Gasteiger partial charge >= 0.3 is 0 Å². The van der Waals surface area contributed by atoms with Gasteiger partial charge in [0, 0.05) is 41.7 Å². The van der Waals surface area contributed by atoms with Crippen molar-refractivity contribution in [2.75, 3.05) is 17.6 Å². The summed E-state index contributed by atoms with van der Waals surface area (Å²) in [7, 11) is 0. The van der Waals surface area contributed by atoms with Crippen molar-refractivity contribution in [2.24, 2.45) is 0 Å². The summed E-state index contributed by atoms with van der Waals surface area (Å²) in [5.41, 5.74) is 4.42. The van der Waals surface area contributed by atoms with Crippen molar-refractivity contribution in [1.82, 2.24) is 10.3 Å². The van der Waals surface area contributed by atoms with Crippen molar-refractivity contribution in [1.29, 1.82) is 0 Å². The van der Waals surface area contributed by atoms with Crippen LogP contribution in [0.3, 0.4) is 0 Å². The molecule has 4 rings (SSSR count). The average Bonchev–Trinajstić information content (AvgIpc) is 3.29. The molecule has 3 atom stereocenters. The number of aryl methyl sites for hydroxylation is 1. The minimum absolute atomic E-state index is 0.150. The summed E-state index contributed by atoms with van der Waals surface area (Å²) in [6.45, 7) is 2.50. The van der Waals surface area contributed by atoms with E-state index in [-0.39, 0.29) is 12.5 Å². The first-order valence-electron chi connectivity index (χ1n) is 10.7. The Kier molecular flexibility index (Phi) is 7.78. The Labute approximate surface area is 195 Å². The van der Waals surface area contributed by atoms with Gasteiger partial charge in [-0.1, -0.05) is 25.1 Å². The van der Waals surface area contributed by atoms with Gasteiger partial charge in [-0.05, 0) is 47.2 Å². The van der Waals surface area contributed by atoms with E-state index in [0.29, 0.717) is 17.2 Å². The van der Waals surface area contributed by atoms with Crippen molar-refractivity contribution in [2.45, 2.75) is 43.7 Å². The summed E-state index contributed by atoms with van der Waals surface area (Å²) in [5, 5.41) is 20.3. The fourth-order valence-corrected chi connectivity index (χ4v) is 5.72. The van der Waals surface area contributed by atoms with Gasteiger partial charge in [0.2, 0.25) is 0 Å². The second-order valence-corrected chi connectivity index (χ2v) is 9.92. The van der Waals surface area contributed by atoms with Crippen LogP contribution >= 0.6 is 23.1 Å². The summed E-state index contributed by atoms with van der Waals surface area (Å²) >= 11 is 3.30. The molecule has 2 heterocycles. The smallest absolute Gasteiger partial charge is 0.182 e. The van der Waals surface area contributed by atoms with E-state index in [4.69, 9.17) is 0 Å². The number of aliphatic hydroxyl groups is 1. The Morgan fingerprint density at radius 2 is 1.97 bits per heavy atom. The van der Waals surface area contributed by atoms with Crippen LogP contribution in [0.4, 0.5) is 13.9 Å². The molecule has 0 saturated carbocycles. The molecule has 0 saturated heterocycles. The van der Waals surface area contributed by atoms with Crippen molar-refractivity contribution < 1.29 is 13.9 Å². The molecule has 0 bridgehead atoms.